The molecule has 0 spiro atoms. The van der Waals surface area contributed by atoms with Gasteiger partial charge in [-0.15, -0.1) is 0 Å². The summed E-state index contributed by atoms with van der Waals surface area (Å²) in [5.74, 6) is 0.0261. The van der Waals surface area contributed by atoms with Crippen LogP contribution in [0.4, 0.5) is 0 Å². The van der Waals surface area contributed by atoms with Crippen molar-refractivity contribution in [2.75, 3.05) is 6.54 Å². The molecule has 0 atom stereocenters. The van der Waals surface area contributed by atoms with Crippen LogP contribution in [-0.4, -0.2) is 27.4 Å². The number of nitrogens with zero attached hydrogens (tertiary/aromatic N) is 3. The number of hydrogen-bond acceptors (Lipinski definition) is 4. The van der Waals surface area contributed by atoms with Crippen molar-refractivity contribution in [1.82, 2.24) is 20.3 Å². The van der Waals surface area contributed by atoms with Crippen LogP contribution < -0.4 is 5.32 Å². The number of carbonyl (C=O) groups excluding carboxylic acids is 1. The van der Waals surface area contributed by atoms with Gasteiger partial charge in [0.2, 0.25) is 0 Å². The van der Waals surface area contributed by atoms with Crippen molar-refractivity contribution >= 4 is 21.8 Å². The number of halogens is 1. The van der Waals surface area contributed by atoms with Gasteiger partial charge < -0.3 is 9.73 Å². The van der Waals surface area contributed by atoms with Gasteiger partial charge in [0.05, 0.1) is 18.9 Å². The third-order valence-corrected chi connectivity index (χ3v) is 2.29. The molecule has 1 N–H and O–H groups in total. The smallest absolute Gasteiger partial charge is 0.287 e. The predicted octanol–water partition coefficient (Wildman–Crippen LogP) is 1.06. The van der Waals surface area contributed by atoms with Gasteiger partial charge in [0.1, 0.15) is 0 Å². The number of carbonyl (C=O) groups is 1. The Hall–Kier alpha value is -1.63. The van der Waals surface area contributed by atoms with Crippen molar-refractivity contribution in [2.45, 2.75) is 6.54 Å². The Balaban J connectivity index is 1.80. The van der Waals surface area contributed by atoms with Gasteiger partial charge in [-0.2, -0.15) is 15.0 Å². The summed E-state index contributed by atoms with van der Waals surface area (Å²) in [5.41, 5.74) is 0. The van der Waals surface area contributed by atoms with E-state index in [-0.39, 0.29) is 11.7 Å². The summed E-state index contributed by atoms with van der Waals surface area (Å²) in [6.07, 6.45) is 3.18. The molecule has 7 heteroatoms. The zero-order chi connectivity index (χ0) is 11.4. The lowest BCUT2D eigenvalue weighted by Crippen LogP contribution is -2.27. The Morgan fingerprint density at radius 2 is 2.19 bits per heavy atom. The van der Waals surface area contributed by atoms with Crippen LogP contribution in [0.15, 0.2) is 33.6 Å². The summed E-state index contributed by atoms with van der Waals surface area (Å²) in [7, 11) is 0. The van der Waals surface area contributed by atoms with Crippen LogP contribution in [0.1, 0.15) is 10.6 Å². The van der Waals surface area contributed by atoms with E-state index in [0.29, 0.717) is 17.8 Å². The van der Waals surface area contributed by atoms with Crippen LogP contribution in [-0.2, 0) is 6.54 Å². The van der Waals surface area contributed by atoms with Crippen molar-refractivity contribution in [3.05, 3.63) is 35.0 Å². The lowest BCUT2D eigenvalue weighted by molar-refractivity contribution is 0.0922. The lowest BCUT2D eigenvalue weighted by Gasteiger charge is -2.01. The number of nitrogens with one attached hydrogen (secondary N) is 1. The highest BCUT2D eigenvalue weighted by atomic mass is 79.9. The first-order valence-electron chi connectivity index (χ1n) is 4.63. The zero-order valence-corrected chi connectivity index (χ0v) is 9.85. The van der Waals surface area contributed by atoms with E-state index in [1.807, 2.05) is 0 Å². The second-order valence-electron chi connectivity index (χ2n) is 2.98. The van der Waals surface area contributed by atoms with Gasteiger partial charge in [-0.1, -0.05) is 0 Å². The Kier molecular flexibility index (Phi) is 3.35. The average Bonchev–Trinajstić information content (AvgIpc) is 2.89. The molecule has 2 aromatic rings. The second-order valence-corrected chi connectivity index (χ2v) is 3.77. The molecule has 0 aliphatic carbocycles. The normalized spacial score (nSPS) is 10.3. The van der Waals surface area contributed by atoms with Gasteiger partial charge in [0, 0.05) is 6.54 Å². The minimum atomic E-state index is -0.252. The summed E-state index contributed by atoms with van der Waals surface area (Å²) < 4.78 is 5.63. The van der Waals surface area contributed by atoms with E-state index in [4.69, 9.17) is 4.42 Å². The monoisotopic (exact) mass is 284 g/mol. The molecule has 84 valence electrons. The van der Waals surface area contributed by atoms with Gasteiger partial charge >= 0.3 is 0 Å². The molecule has 6 nitrogen and oxygen atoms in total. The predicted molar refractivity (Wildman–Crippen MR) is 58.8 cm³/mol. The lowest BCUT2D eigenvalue weighted by atomic mass is 10.4. The largest absolute Gasteiger partial charge is 0.444 e. The molecular formula is C9H9BrN4O2. The molecule has 0 aromatic carbocycles. The number of hydrogen-bond donors (Lipinski definition) is 1. The van der Waals surface area contributed by atoms with Crippen LogP contribution in [0.5, 0.6) is 0 Å². The van der Waals surface area contributed by atoms with Crippen molar-refractivity contribution < 1.29 is 9.21 Å². The summed E-state index contributed by atoms with van der Waals surface area (Å²) in [5, 5.41) is 10.5. The van der Waals surface area contributed by atoms with E-state index in [1.165, 1.54) is 4.80 Å². The van der Waals surface area contributed by atoms with Gasteiger partial charge in [-0.3, -0.25) is 4.79 Å². The summed E-state index contributed by atoms with van der Waals surface area (Å²) in [6, 6.07) is 3.27. The van der Waals surface area contributed by atoms with Crippen LogP contribution in [0.25, 0.3) is 0 Å². The van der Waals surface area contributed by atoms with Gasteiger partial charge in [-0.05, 0) is 28.1 Å². The number of aromatic nitrogens is 3. The van der Waals surface area contributed by atoms with Crippen molar-refractivity contribution in [1.29, 1.82) is 0 Å². The van der Waals surface area contributed by atoms with Crippen molar-refractivity contribution in [3.63, 3.8) is 0 Å². The van der Waals surface area contributed by atoms with Crippen LogP contribution >= 0.6 is 15.9 Å². The minimum Gasteiger partial charge on any atom is -0.444 e. The van der Waals surface area contributed by atoms with Gasteiger partial charge in [-0.25, -0.2) is 0 Å². The summed E-state index contributed by atoms with van der Waals surface area (Å²) in [6.45, 7) is 0.979. The van der Waals surface area contributed by atoms with E-state index in [2.05, 4.69) is 31.4 Å². The molecule has 0 saturated heterocycles. The fraction of sp³-hybridized carbons (Fsp3) is 0.222. The highest BCUT2D eigenvalue weighted by Gasteiger charge is 2.09. The highest BCUT2D eigenvalue weighted by Crippen LogP contribution is 2.13. The van der Waals surface area contributed by atoms with Crippen molar-refractivity contribution in [3.8, 4) is 0 Å². The van der Waals surface area contributed by atoms with Crippen LogP contribution in [0.2, 0.25) is 0 Å². The number of furan rings is 1. The first kappa shape index (κ1) is 10.9. The summed E-state index contributed by atoms with van der Waals surface area (Å²) >= 11 is 3.13. The Morgan fingerprint density at radius 1 is 1.44 bits per heavy atom. The molecule has 16 heavy (non-hydrogen) atoms. The summed E-state index contributed by atoms with van der Waals surface area (Å²) in [4.78, 5) is 13.0. The third kappa shape index (κ3) is 2.69. The average molecular weight is 285 g/mol. The maximum absolute atomic E-state index is 11.5. The molecule has 0 saturated carbocycles. The first-order valence-corrected chi connectivity index (χ1v) is 5.42. The van der Waals surface area contributed by atoms with Crippen LogP contribution in [0.3, 0.4) is 0 Å². The fourth-order valence-electron chi connectivity index (χ4n) is 1.15. The third-order valence-electron chi connectivity index (χ3n) is 1.86. The van der Waals surface area contributed by atoms with E-state index < -0.39 is 0 Å². The van der Waals surface area contributed by atoms with E-state index in [1.54, 1.807) is 24.5 Å². The van der Waals surface area contributed by atoms with Gasteiger partial charge in [0.25, 0.3) is 5.91 Å². The van der Waals surface area contributed by atoms with Crippen molar-refractivity contribution in [2.24, 2.45) is 0 Å². The highest BCUT2D eigenvalue weighted by molar-refractivity contribution is 9.10. The number of amides is 1. The molecule has 2 heterocycles. The second kappa shape index (κ2) is 4.93. The Bertz CT molecular complexity index is 466. The maximum Gasteiger partial charge on any atom is 0.287 e. The van der Waals surface area contributed by atoms with Gasteiger partial charge in [0.15, 0.2) is 10.4 Å². The molecule has 0 aliphatic rings. The SMILES string of the molecule is O=C(NCCn1nccn1)c1ccc(Br)o1. The molecule has 0 aliphatic heterocycles. The molecule has 0 fully saturated rings. The fourth-order valence-corrected chi connectivity index (χ4v) is 1.46. The molecule has 2 rings (SSSR count). The van der Waals surface area contributed by atoms with Crippen LogP contribution in [0, 0.1) is 0 Å². The molecular weight excluding hydrogens is 276 g/mol. The molecule has 0 radical (unpaired) electrons. The Labute approximate surface area is 99.8 Å². The standard InChI is InChI=1S/C9H9BrN4O2/c10-8-2-1-7(16-8)9(15)11-5-6-14-12-3-4-13-14/h1-4H,5-6H2,(H,11,15). The zero-order valence-electron chi connectivity index (χ0n) is 8.26. The first-order chi connectivity index (χ1) is 7.75. The molecule has 1 amide bonds. The maximum atomic E-state index is 11.5. The van der Waals surface area contributed by atoms with E-state index in [0.717, 1.165) is 0 Å². The quantitative estimate of drug-likeness (QED) is 0.911. The topological polar surface area (TPSA) is 73.0 Å². The minimum absolute atomic E-state index is 0.252. The van der Waals surface area contributed by atoms with E-state index in [9.17, 15) is 4.79 Å². The molecule has 0 unspecified atom stereocenters. The number of rotatable bonds is 4. The molecule has 0 bridgehead atoms. The molecule has 2 aromatic heterocycles. The van der Waals surface area contributed by atoms with E-state index >= 15 is 0 Å². The Morgan fingerprint density at radius 3 is 2.81 bits per heavy atom.